The lowest BCUT2D eigenvalue weighted by Crippen LogP contribution is -2.37. The van der Waals surface area contributed by atoms with Crippen LogP contribution in [0.25, 0.3) is 0 Å². The van der Waals surface area contributed by atoms with Gasteiger partial charge in [0.05, 0.1) is 12.3 Å². The Morgan fingerprint density at radius 3 is 2.83 bits per heavy atom. The molecule has 1 unspecified atom stereocenters. The van der Waals surface area contributed by atoms with Crippen LogP contribution in [0.4, 0.5) is 0 Å². The Morgan fingerprint density at radius 2 is 2.22 bits per heavy atom. The number of nitrogens with zero attached hydrogens (tertiary/aromatic N) is 1. The van der Waals surface area contributed by atoms with E-state index in [9.17, 15) is 0 Å². The van der Waals surface area contributed by atoms with Crippen molar-refractivity contribution in [3.63, 3.8) is 0 Å². The lowest BCUT2D eigenvalue weighted by Gasteiger charge is -2.29. The molecule has 0 aromatic carbocycles. The second-order valence-electron chi connectivity index (χ2n) is 6.19. The zero-order chi connectivity index (χ0) is 16.8. The van der Waals surface area contributed by atoms with Crippen LogP contribution in [0.5, 0.6) is 0 Å². The number of halogens is 1. The highest BCUT2D eigenvalue weighted by Gasteiger charge is 2.21. The van der Waals surface area contributed by atoms with E-state index in [1.54, 1.807) is 6.08 Å². The van der Waals surface area contributed by atoms with Gasteiger partial charge in [0, 0.05) is 36.8 Å². The SMILES string of the molecule is C/C=C(C)\C=C(\CN/C=C1\C(=N)C=CN(C)C1Cl)NC1CCC1. The lowest BCUT2D eigenvalue weighted by molar-refractivity contribution is 0.361. The number of hydrogen-bond donors (Lipinski definition) is 3. The van der Waals surface area contributed by atoms with Crippen molar-refractivity contribution in [1.29, 1.82) is 5.41 Å². The molecule has 2 aliphatic rings. The van der Waals surface area contributed by atoms with Crippen molar-refractivity contribution in [2.45, 2.75) is 44.7 Å². The molecule has 1 fully saturated rings. The molecule has 0 amide bonds. The minimum absolute atomic E-state index is 0.302. The molecule has 3 N–H and O–H groups in total. The summed E-state index contributed by atoms with van der Waals surface area (Å²) in [6.45, 7) is 4.85. The number of alkyl halides is 1. The van der Waals surface area contributed by atoms with Gasteiger partial charge in [-0.3, -0.25) is 0 Å². The summed E-state index contributed by atoms with van der Waals surface area (Å²) in [5.74, 6) is 0. The van der Waals surface area contributed by atoms with Crippen LogP contribution in [0.2, 0.25) is 0 Å². The number of hydrogen-bond acceptors (Lipinski definition) is 4. The summed E-state index contributed by atoms with van der Waals surface area (Å²) in [5.41, 5.74) is 3.37. The smallest absolute Gasteiger partial charge is 0.132 e. The molecule has 0 saturated heterocycles. The van der Waals surface area contributed by atoms with Gasteiger partial charge in [0.15, 0.2) is 0 Å². The van der Waals surface area contributed by atoms with Crippen LogP contribution < -0.4 is 10.6 Å². The zero-order valence-corrected chi connectivity index (χ0v) is 15.0. The van der Waals surface area contributed by atoms with Crippen molar-refractivity contribution < 1.29 is 0 Å². The van der Waals surface area contributed by atoms with Gasteiger partial charge in [-0.1, -0.05) is 23.3 Å². The van der Waals surface area contributed by atoms with E-state index in [1.165, 1.54) is 30.5 Å². The third-order valence-electron chi connectivity index (χ3n) is 4.30. The van der Waals surface area contributed by atoms with E-state index in [0.29, 0.717) is 18.3 Å². The van der Waals surface area contributed by atoms with E-state index in [1.807, 2.05) is 31.3 Å². The first kappa shape index (κ1) is 17.7. The summed E-state index contributed by atoms with van der Waals surface area (Å²) in [4.78, 5) is 1.89. The second kappa shape index (κ2) is 8.25. The predicted molar refractivity (Wildman–Crippen MR) is 98.6 cm³/mol. The topological polar surface area (TPSA) is 51.2 Å². The van der Waals surface area contributed by atoms with Crippen molar-refractivity contribution >= 4 is 17.3 Å². The molecular formula is C18H27ClN4. The van der Waals surface area contributed by atoms with Crippen LogP contribution >= 0.6 is 11.6 Å². The van der Waals surface area contributed by atoms with E-state index in [0.717, 1.165) is 5.57 Å². The van der Waals surface area contributed by atoms with Crippen LogP contribution in [0.1, 0.15) is 33.1 Å². The van der Waals surface area contributed by atoms with Gasteiger partial charge in [-0.2, -0.15) is 0 Å². The number of nitrogens with one attached hydrogen (secondary N) is 3. The average Bonchev–Trinajstić information content (AvgIpc) is 2.49. The summed E-state index contributed by atoms with van der Waals surface area (Å²) in [6.07, 6.45) is 13.5. The van der Waals surface area contributed by atoms with Crippen LogP contribution in [0, 0.1) is 5.41 Å². The highest BCUT2D eigenvalue weighted by atomic mass is 35.5. The van der Waals surface area contributed by atoms with Gasteiger partial charge >= 0.3 is 0 Å². The van der Waals surface area contributed by atoms with Crippen LogP contribution in [-0.4, -0.2) is 35.7 Å². The Hall–Kier alpha value is -1.68. The summed E-state index contributed by atoms with van der Waals surface area (Å²) in [5, 5.41) is 14.9. The van der Waals surface area contributed by atoms with E-state index in [-0.39, 0.29) is 5.50 Å². The predicted octanol–water partition coefficient (Wildman–Crippen LogP) is 3.50. The van der Waals surface area contributed by atoms with Crippen molar-refractivity contribution in [3.8, 4) is 0 Å². The van der Waals surface area contributed by atoms with Gasteiger partial charge in [-0.05, 0) is 45.3 Å². The molecule has 126 valence electrons. The van der Waals surface area contributed by atoms with E-state index >= 15 is 0 Å². The first-order chi connectivity index (χ1) is 11.0. The molecule has 5 heteroatoms. The highest BCUT2D eigenvalue weighted by molar-refractivity contribution is 6.27. The molecule has 0 aromatic heterocycles. The largest absolute Gasteiger partial charge is 0.385 e. The van der Waals surface area contributed by atoms with Gasteiger partial charge in [-0.15, -0.1) is 0 Å². The van der Waals surface area contributed by atoms with Crippen molar-refractivity contribution in [2.75, 3.05) is 13.6 Å². The average molecular weight is 335 g/mol. The molecule has 2 rings (SSSR count). The maximum atomic E-state index is 8.00. The normalized spacial score (nSPS) is 24.9. The zero-order valence-electron chi connectivity index (χ0n) is 14.2. The van der Waals surface area contributed by atoms with Gasteiger partial charge in [0.2, 0.25) is 0 Å². The molecule has 1 aliphatic carbocycles. The minimum atomic E-state index is -0.302. The van der Waals surface area contributed by atoms with Gasteiger partial charge < -0.3 is 20.9 Å². The molecule has 0 aromatic rings. The standard InChI is InChI=1S/C18H27ClN4/c1-4-13(2)10-15(22-14-6-5-7-14)11-21-12-16-17(20)8-9-23(3)18(16)19/h4,8-10,12,14,18,20-22H,5-7,11H2,1-3H3/b13-4-,15-10-,16-12+,20-17?. The van der Waals surface area contributed by atoms with Gasteiger partial charge in [0.1, 0.15) is 5.50 Å². The Kier molecular flexibility index (Phi) is 6.34. The molecule has 1 aliphatic heterocycles. The van der Waals surface area contributed by atoms with E-state index in [4.69, 9.17) is 17.0 Å². The Morgan fingerprint density at radius 1 is 1.48 bits per heavy atom. The summed E-state index contributed by atoms with van der Waals surface area (Å²) < 4.78 is 0. The van der Waals surface area contributed by atoms with Gasteiger partial charge in [0.25, 0.3) is 0 Å². The Bertz CT molecular complexity index is 555. The maximum absolute atomic E-state index is 8.00. The molecule has 1 saturated carbocycles. The fourth-order valence-electron chi connectivity index (χ4n) is 2.45. The third kappa shape index (κ3) is 4.90. The number of allylic oxidation sites excluding steroid dienone is 4. The molecule has 0 bridgehead atoms. The first-order valence-electron chi connectivity index (χ1n) is 8.18. The summed E-state index contributed by atoms with van der Waals surface area (Å²) in [6, 6.07) is 0.600. The molecule has 0 radical (unpaired) electrons. The minimum Gasteiger partial charge on any atom is -0.385 e. The molecule has 23 heavy (non-hydrogen) atoms. The fourth-order valence-corrected chi connectivity index (χ4v) is 2.69. The van der Waals surface area contributed by atoms with Crippen LogP contribution in [0.15, 0.2) is 47.5 Å². The lowest BCUT2D eigenvalue weighted by atomic mass is 9.93. The van der Waals surface area contributed by atoms with E-state index < -0.39 is 0 Å². The van der Waals surface area contributed by atoms with Crippen LogP contribution in [-0.2, 0) is 0 Å². The molecule has 1 atom stereocenters. The van der Waals surface area contributed by atoms with E-state index in [2.05, 4.69) is 29.7 Å². The Labute approximate surface area is 144 Å². The monoisotopic (exact) mass is 334 g/mol. The first-order valence-corrected chi connectivity index (χ1v) is 8.61. The van der Waals surface area contributed by atoms with Gasteiger partial charge in [-0.25, -0.2) is 0 Å². The van der Waals surface area contributed by atoms with Crippen molar-refractivity contribution in [1.82, 2.24) is 15.5 Å². The van der Waals surface area contributed by atoms with Crippen molar-refractivity contribution in [2.24, 2.45) is 0 Å². The fraction of sp³-hybridized carbons (Fsp3) is 0.500. The highest BCUT2D eigenvalue weighted by Crippen LogP contribution is 2.21. The Balaban J connectivity index is 2.00. The summed E-state index contributed by atoms with van der Waals surface area (Å²) >= 11 is 6.35. The molecule has 1 heterocycles. The molecule has 4 nitrogen and oxygen atoms in total. The number of rotatable bonds is 6. The number of likely N-dealkylation sites (N-methyl/N-ethyl adjacent to an activating group) is 1. The quantitative estimate of drug-likeness (QED) is 0.396. The second-order valence-corrected chi connectivity index (χ2v) is 6.60. The maximum Gasteiger partial charge on any atom is 0.132 e. The van der Waals surface area contributed by atoms with Crippen LogP contribution in [0.3, 0.4) is 0 Å². The third-order valence-corrected chi connectivity index (χ3v) is 4.85. The van der Waals surface area contributed by atoms with Crippen molar-refractivity contribution in [3.05, 3.63) is 47.5 Å². The summed E-state index contributed by atoms with van der Waals surface area (Å²) in [7, 11) is 1.91. The molecular weight excluding hydrogens is 308 g/mol. The molecule has 0 spiro atoms.